The van der Waals surface area contributed by atoms with Gasteiger partial charge in [0.05, 0.1) is 19.3 Å². The van der Waals surface area contributed by atoms with Crippen LogP contribution in [0, 0.1) is 12.8 Å². The van der Waals surface area contributed by atoms with Crippen molar-refractivity contribution in [2.75, 3.05) is 40.1 Å². The first kappa shape index (κ1) is 40.4. The second-order valence-corrected chi connectivity index (χ2v) is 13.5. The van der Waals surface area contributed by atoms with E-state index in [0.29, 0.717) is 45.3 Å². The molecule has 0 spiro atoms. The zero-order valence-corrected chi connectivity index (χ0v) is 28.4. The average molecular weight is 712 g/mol. The van der Waals surface area contributed by atoms with Crippen molar-refractivity contribution < 1.29 is 62.7 Å². The monoisotopic (exact) mass is 711 g/mol. The minimum Gasteiger partial charge on any atom is -0.394 e. The first-order valence-electron chi connectivity index (χ1n) is 16.1. The number of phosphoric ester groups is 1. The van der Waals surface area contributed by atoms with Crippen molar-refractivity contribution in [1.29, 1.82) is 0 Å². The van der Waals surface area contributed by atoms with Gasteiger partial charge in [0.15, 0.2) is 12.5 Å². The number of aliphatic hydroxyl groups is 4. The van der Waals surface area contributed by atoms with E-state index in [2.05, 4.69) is 14.8 Å². The lowest BCUT2D eigenvalue weighted by Crippen LogP contribution is -2.55. The minimum absolute atomic E-state index is 0.0961. The van der Waals surface area contributed by atoms with Crippen molar-refractivity contribution in [2.24, 2.45) is 5.92 Å². The van der Waals surface area contributed by atoms with Gasteiger partial charge in [0.2, 0.25) is 5.91 Å². The summed E-state index contributed by atoms with van der Waals surface area (Å²) in [6.07, 6.45) is -3.14. The van der Waals surface area contributed by atoms with Gasteiger partial charge in [-0.3, -0.25) is 28.2 Å². The molecule has 2 aliphatic heterocycles. The number of aromatic amines is 1. The summed E-state index contributed by atoms with van der Waals surface area (Å²) in [5, 5.41) is 42.1. The van der Waals surface area contributed by atoms with Gasteiger partial charge in [-0.25, -0.2) is 9.36 Å². The summed E-state index contributed by atoms with van der Waals surface area (Å²) in [5.74, 6) is -0.572. The predicted molar refractivity (Wildman–Crippen MR) is 167 cm³/mol. The number of H-pyrrole nitrogens is 1. The largest absolute Gasteiger partial charge is 0.472 e. The van der Waals surface area contributed by atoms with Gasteiger partial charge < -0.3 is 49.6 Å². The number of phosphoric acid groups is 1. The molecule has 19 heteroatoms. The molecular formula is C29H50N3O15P. The molecule has 2 fully saturated rings. The van der Waals surface area contributed by atoms with Gasteiger partial charge in [0.1, 0.15) is 30.5 Å². The molecule has 276 valence electrons. The summed E-state index contributed by atoms with van der Waals surface area (Å²) < 4.78 is 46.0. The summed E-state index contributed by atoms with van der Waals surface area (Å²) in [7, 11) is -3.55. The summed E-state index contributed by atoms with van der Waals surface area (Å²) in [6, 6.07) is 0. The van der Waals surface area contributed by atoms with Crippen molar-refractivity contribution in [1.82, 2.24) is 14.9 Å². The highest BCUT2D eigenvalue weighted by Crippen LogP contribution is 2.48. The third-order valence-electron chi connectivity index (χ3n) is 8.34. The van der Waals surface area contributed by atoms with E-state index in [9.17, 15) is 44.3 Å². The van der Waals surface area contributed by atoms with Gasteiger partial charge >= 0.3 is 13.5 Å². The molecule has 3 heterocycles. The molecule has 2 unspecified atom stereocenters. The Kier molecular flexibility index (Phi) is 16.3. The maximum Gasteiger partial charge on any atom is 0.472 e. The van der Waals surface area contributed by atoms with Gasteiger partial charge in [-0.1, -0.05) is 19.8 Å². The standard InChI is InChI=1S/C29H50N3O15P/c1-17-14-32(29(39)31-26(17)38)27-25(24(20(16-34)45-27)47-48(40,41)42-3)43-12-8-5-4-7-11-30-21(35)10-6-9-13-44-28-18(2)22(36)23(37)19(15-33)46-28/h14,18-20,22-25,27-28,33-34,36-37H,4-13,15-16H2,1-3H3,(H,30,35)(H,40,41)(H,31,38,39)/t18-,19-,20-,22-,23+,24+,25?,27-,28-/m1/s1. The number of aromatic nitrogens is 2. The molecule has 0 aliphatic carbocycles. The zero-order valence-electron chi connectivity index (χ0n) is 27.5. The second-order valence-electron chi connectivity index (χ2n) is 11.9. The fourth-order valence-electron chi connectivity index (χ4n) is 5.47. The molecular weight excluding hydrogens is 661 g/mol. The van der Waals surface area contributed by atoms with Gasteiger partial charge in [-0.05, 0) is 32.6 Å². The van der Waals surface area contributed by atoms with E-state index in [-0.39, 0.29) is 18.1 Å². The molecule has 48 heavy (non-hydrogen) atoms. The third-order valence-corrected chi connectivity index (χ3v) is 9.31. The van der Waals surface area contributed by atoms with Crippen molar-refractivity contribution in [2.45, 2.75) is 108 Å². The Morgan fingerprint density at radius 3 is 2.33 bits per heavy atom. The van der Waals surface area contributed by atoms with Crippen LogP contribution < -0.4 is 16.6 Å². The van der Waals surface area contributed by atoms with Crippen LogP contribution in [0.15, 0.2) is 15.8 Å². The second kappa shape index (κ2) is 19.4. The summed E-state index contributed by atoms with van der Waals surface area (Å²) in [6.45, 7) is 3.06. The van der Waals surface area contributed by atoms with E-state index in [0.717, 1.165) is 24.5 Å². The van der Waals surface area contributed by atoms with Crippen molar-refractivity contribution in [3.63, 3.8) is 0 Å². The summed E-state index contributed by atoms with van der Waals surface area (Å²) in [5.41, 5.74) is -1.16. The smallest absolute Gasteiger partial charge is 0.394 e. The Balaban J connectivity index is 1.36. The fourth-order valence-corrected chi connectivity index (χ4v) is 6.12. The Morgan fingerprint density at radius 1 is 0.979 bits per heavy atom. The number of carbonyl (C=O) groups excluding carboxylic acids is 1. The van der Waals surface area contributed by atoms with Gasteiger partial charge in [-0.15, -0.1) is 0 Å². The average Bonchev–Trinajstić information content (AvgIpc) is 3.39. The number of rotatable bonds is 20. The van der Waals surface area contributed by atoms with Crippen LogP contribution in [0.3, 0.4) is 0 Å². The number of unbranched alkanes of at least 4 members (excludes halogenated alkanes) is 4. The number of amides is 1. The highest BCUT2D eigenvalue weighted by atomic mass is 31.2. The number of carbonyl (C=O) groups is 1. The highest BCUT2D eigenvalue weighted by molar-refractivity contribution is 7.47. The number of ether oxygens (including phenoxy) is 4. The molecule has 2 saturated heterocycles. The molecule has 0 radical (unpaired) electrons. The van der Waals surface area contributed by atoms with Gasteiger partial charge in [-0.2, -0.15) is 0 Å². The molecule has 2 aliphatic rings. The van der Waals surface area contributed by atoms with Gasteiger partial charge in [0, 0.05) is 51.0 Å². The maximum atomic E-state index is 12.6. The topological polar surface area (TPSA) is 258 Å². The zero-order chi connectivity index (χ0) is 35.4. The molecule has 3 rings (SSSR count). The lowest BCUT2D eigenvalue weighted by molar-refractivity contribution is -0.282. The van der Waals surface area contributed by atoms with Crippen LogP contribution in [0.5, 0.6) is 0 Å². The van der Waals surface area contributed by atoms with Crippen LogP contribution in [-0.4, -0.2) is 124 Å². The third kappa shape index (κ3) is 11.2. The van der Waals surface area contributed by atoms with E-state index in [1.165, 1.54) is 13.1 Å². The van der Waals surface area contributed by atoms with Crippen molar-refractivity contribution >= 4 is 13.7 Å². The van der Waals surface area contributed by atoms with E-state index in [1.54, 1.807) is 6.92 Å². The normalized spacial score (nSPS) is 30.3. The number of hydrogen-bond acceptors (Lipinski definition) is 14. The first-order chi connectivity index (χ1) is 22.8. The quantitative estimate of drug-likeness (QED) is 0.0645. The molecule has 18 nitrogen and oxygen atoms in total. The molecule has 0 saturated carbocycles. The van der Waals surface area contributed by atoms with Crippen LogP contribution >= 0.6 is 7.82 Å². The Bertz CT molecular complexity index is 1310. The molecule has 1 aromatic heterocycles. The first-order valence-corrected chi connectivity index (χ1v) is 17.6. The number of nitrogens with zero attached hydrogens (tertiary/aromatic N) is 1. The SMILES string of the molecule is COP(=O)(O)O[C@@H]1C(OCCCCCCNC(=O)CCCCO[C@@H]2O[C@H](CO)[C@H](O)[C@H](O)[C@H]2C)[C@H](n2cc(C)c(=O)[nH]c2=O)O[C@@H]1CO. The number of nitrogens with one attached hydrogen (secondary N) is 2. The molecule has 1 aromatic rings. The number of aryl methyl sites for hydroxylation is 1. The minimum atomic E-state index is -4.54. The molecule has 10 atom stereocenters. The highest BCUT2D eigenvalue weighted by Gasteiger charge is 2.50. The molecule has 1 amide bonds. The summed E-state index contributed by atoms with van der Waals surface area (Å²) >= 11 is 0. The van der Waals surface area contributed by atoms with Crippen LogP contribution in [0.25, 0.3) is 0 Å². The number of hydrogen-bond donors (Lipinski definition) is 7. The van der Waals surface area contributed by atoms with E-state index in [4.69, 9.17) is 23.5 Å². The van der Waals surface area contributed by atoms with Crippen molar-refractivity contribution in [3.05, 3.63) is 32.6 Å². The van der Waals surface area contributed by atoms with E-state index >= 15 is 0 Å². The maximum absolute atomic E-state index is 12.6. The van der Waals surface area contributed by atoms with E-state index in [1.807, 2.05) is 0 Å². The Labute approximate surface area is 277 Å². The predicted octanol–water partition coefficient (Wildman–Crippen LogP) is -0.809. The summed E-state index contributed by atoms with van der Waals surface area (Å²) in [4.78, 5) is 48.8. The fraction of sp³-hybridized carbons (Fsp3) is 0.828. The Morgan fingerprint density at radius 2 is 1.65 bits per heavy atom. The lowest BCUT2D eigenvalue weighted by Gasteiger charge is -2.40. The van der Waals surface area contributed by atoms with Crippen LogP contribution in [0.2, 0.25) is 0 Å². The Hall–Kier alpha value is -2.06. The van der Waals surface area contributed by atoms with Crippen molar-refractivity contribution in [3.8, 4) is 0 Å². The lowest BCUT2D eigenvalue weighted by atomic mass is 9.92. The number of aliphatic hydroxyl groups excluding tert-OH is 4. The van der Waals surface area contributed by atoms with E-state index < -0.39 is 87.3 Å². The van der Waals surface area contributed by atoms with Crippen LogP contribution in [0.1, 0.15) is 63.7 Å². The molecule has 7 N–H and O–H groups in total. The molecule has 0 bridgehead atoms. The van der Waals surface area contributed by atoms with Crippen LogP contribution in [0.4, 0.5) is 0 Å². The molecule has 0 aromatic carbocycles. The van der Waals surface area contributed by atoms with Crippen LogP contribution in [-0.2, 0) is 37.4 Å². The van der Waals surface area contributed by atoms with Gasteiger partial charge in [0.25, 0.3) is 5.56 Å².